The van der Waals surface area contributed by atoms with Gasteiger partial charge in [0.25, 0.3) is 0 Å². The SMILES string of the molecule is CCOc1ccc(-c2nnc(SCC(=O)Nc3ccccc3C(C)=O)n2N)cc1. The van der Waals surface area contributed by atoms with Crippen molar-refractivity contribution in [2.45, 2.75) is 19.0 Å². The van der Waals surface area contributed by atoms with E-state index in [4.69, 9.17) is 10.6 Å². The molecule has 0 aliphatic carbocycles. The first-order valence-corrected chi connectivity index (χ1v) is 9.94. The number of carbonyl (C=O) groups is 2. The van der Waals surface area contributed by atoms with Gasteiger partial charge in [-0.2, -0.15) is 0 Å². The molecule has 0 unspecified atom stereocenters. The van der Waals surface area contributed by atoms with E-state index in [2.05, 4.69) is 15.5 Å². The number of Topliss-reactive ketones (excluding diaryl/α,β-unsaturated/α-hetero) is 1. The number of benzene rings is 2. The molecular weight excluding hydrogens is 390 g/mol. The molecule has 1 aromatic heterocycles. The molecule has 0 aliphatic heterocycles. The number of anilines is 1. The number of rotatable bonds is 8. The van der Waals surface area contributed by atoms with Gasteiger partial charge in [0.1, 0.15) is 5.75 Å². The molecule has 0 saturated carbocycles. The van der Waals surface area contributed by atoms with Gasteiger partial charge in [-0.1, -0.05) is 23.9 Å². The van der Waals surface area contributed by atoms with E-state index >= 15 is 0 Å². The van der Waals surface area contributed by atoms with Crippen LogP contribution in [0.1, 0.15) is 24.2 Å². The molecule has 3 N–H and O–H groups in total. The second-order valence-electron chi connectivity index (χ2n) is 6.07. The average Bonchev–Trinajstić information content (AvgIpc) is 3.08. The Bertz CT molecular complexity index is 1020. The normalized spacial score (nSPS) is 10.6. The fourth-order valence-corrected chi connectivity index (χ4v) is 3.31. The highest BCUT2D eigenvalue weighted by Gasteiger charge is 2.15. The van der Waals surface area contributed by atoms with E-state index in [1.54, 1.807) is 24.3 Å². The minimum absolute atomic E-state index is 0.0743. The van der Waals surface area contributed by atoms with E-state index < -0.39 is 0 Å². The first-order valence-electron chi connectivity index (χ1n) is 8.96. The van der Waals surface area contributed by atoms with Crippen LogP contribution in [0.3, 0.4) is 0 Å². The van der Waals surface area contributed by atoms with Crippen LogP contribution in [0.5, 0.6) is 5.75 Å². The Labute approximate surface area is 172 Å². The topological polar surface area (TPSA) is 112 Å². The van der Waals surface area contributed by atoms with Crippen molar-refractivity contribution in [3.8, 4) is 17.1 Å². The summed E-state index contributed by atoms with van der Waals surface area (Å²) < 4.78 is 6.77. The second kappa shape index (κ2) is 9.24. The third-order valence-electron chi connectivity index (χ3n) is 4.00. The van der Waals surface area contributed by atoms with Crippen molar-refractivity contribution < 1.29 is 14.3 Å². The number of ketones is 1. The van der Waals surface area contributed by atoms with E-state index in [-0.39, 0.29) is 17.4 Å². The first-order chi connectivity index (χ1) is 14.0. The number of ether oxygens (including phenoxy) is 1. The molecule has 1 amide bonds. The lowest BCUT2D eigenvalue weighted by Crippen LogP contribution is -2.17. The molecule has 0 aliphatic rings. The Morgan fingerprint density at radius 1 is 1.14 bits per heavy atom. The fourth-order valence-electron chi connectivity index (χ4n) is 2.65. The number of nitrogen functional groups attached to an aromatic ring is 1. The molecule has 0 atom stereocenters. The Morgan fingerprint density at radius 2 is 1.86 bits per heavy atom. The summed E-state index contributed by atoms with van der Waals surface area (Å²) in [5, 5.41) is 11.3. The highest BCUT2D eigenvalue weighted by Crippen LogP contribution is 2.24. The predicted octanol–water partition coefficient (Wildman–Crippen LogP) is 2.99. The van der Waals surface area contributed by atoms with Crippen LogP contribution < -0.4 is 15.9 Å². The maximum atomic E-state index is 12.3. The number of thioether (sulfide) groups is 1. The highest BCUT2D eigenvalue weighted by atomic mass is 32.2. The summed E-state index contributed by atoms with van der Waals surface area (Å²) >= 11 is 1.16. The molecule has 150 valence electrons. The van der Waals surface area contributed by atoms with E-state index in [0.717, 1.165) is 23.1 Å². The summed E-state index contributed by atoms with van der Waals surface area (Å²) in [5.74, 6) is 7.03. The summed E-state index contributed by atoms with van der Waals surface area (Å²) in [6, 6.07) is 14.2. The van der Waals surface area contributed by atoms with Crippen LogP contribution in [0.25, 0.3) is 11.4 Å². The summed E-state index contributed by atoms with van der Waals surface area (Å²) in [7, 11) is 0. The lowest BCUT2D eigenvalue weighted by atomic mass is 10.1. The van der Waals surface area contributed by atoms with Crippen LogP contribution in [0, 0.1) is 0 Å². The molecule has 29 heavy (non-hydrogen) atoms. The van der Waals surface area contributed by atoms with Gasteiger partial charge in [0, 0.05) is 11.1 Å². The van der Waals surface area contributed by atoms with Gasteiger partial charge >= 0.3 is 0 Å². The molecule has 0 fully saturated rings. The lowest BCUT2D eigenvalue weighted by Gasteiger charge is -2.09. The van der Waals surface area contributed by atoms with Crippen molar-refractivity contribution in [2.24, 2.45) is 0 Å². The summed E-state index contributed by atoms with van der Waals surface area (Å²) in [4.78, 5) is 24.0. The standard InChI is InChI=1S/C20H21N5O3S/c1-3-28-15-10-8-14(9-11-15)19-23-24-20(25(19)21)29-12-18(27)22-17-7-5-4-6-16(17)13(2)26/h4-11H,3,12,21H2,1-2H3,(H,22,27). The van der Waals surface area contributed by atoms with Crippen LogP contribution in [0.2, 0.25) is 0 Å². The Morgan fingerprint density at radius 3 is 2.55 bits per heavy atom. The van der Waals surface area contributed by atoms with Gasteiger partial charge in [-0.05, 0) is 50.2 Å². The van der Waals surface area contributed by atoms with E-state index in [9.17, 15) is 9.59 Å². The summed E-state index contributed by atoms with van der Waals surface area (Å²) in [6.07, 6.45) is 0. The number of nitrogens with one attached hydrogen (secondary N) is 1. The van der Waals surface area contributed by atoms with Gasteiger partial charge in [0.2, 0.25) is 11.1 Å². The number of amides is 1. The summed E-state index contributed by atoms with van der Waals surface area (Å²) in [6.45, 7) is 3.97. The van der Waals surface area contributed by atoms with Crippen LogP contribution in [0.15, 0.2) is 53.7 Å². The Kier molecular flexibility index (Phi) is 6.50. The molecule has 0 spiro atoms. The maximum Gasteiger partial charge on any atom is 0.234 e. The third-order valence-corrected chi connectivity index (χ3v) is 4.94. The first kappa shape index (κ1) is 20.4. The monoisotopic (exact) mass is 411 g/mol. The number of hydrogen-bond acceptors (Lipinski definition) is 7. The quantitative estimate of drug-likeness (QED) is 0.333. The van der Waals surface area contributed by atoms with E-state index in [0.29, 0.717) is 28.8 Å². The number of aromatic nitrogens is 3. The van der Waals surface area contributed by atoms with Crippen molar-refractivity contribution in [3.63, 3.8) is 0 Å². The number of nitrogens with zero attached hydrogens (tertiary/aromatic N) is 3. The third kappa shape index (κ3) is 4.94. The Hall–Kier alpha value is -3.33. The lowest BCUT2D eigenvalue weighted by molar-refractivity contribution is -0.113. The molecule has 1 heterocycles. The van der Waals surface area contributed by atoms with Crippen molar-refractivity contribution in [2.75, 3.05) is 23.5 Å². The number of carbonyl (C=O) groups excluding carboxylic acids is 2. The molecule has 0 bridgehead atoms. The molecule has 2 aromatic carbocycles. The second-order valence-corrected chi connectivity index (χ2v) is 7.01. The number of hydrogen-bond donors (Lipinski definition) is 2. The molecule has 9 heteroatoms. The zero-order chi connectivity index (χ0) is 20.8. The van der Waals surface area contributed by atoms with Crippen LogP contribution in [-0.2, 0) is 4.79 Å². The van der Waals surface area contributed by atoms with Gasteiger partial charge < -0.3 is 15.9 Å². The van der Waals surface area contributed by atoms with E-state index in [1.165, 1.54) is 11.6 Å². The van der Waals surface area contributed by atoms with Crippen molar-refractivity contribution in [3.05, 3.63) is 54.1 Å². The predicted molar refractivity (Wildman–Crippen MR) is 113 cm³/mol. The molecule has 8 nitrogen and oxygen atoms in total. The van der Waals surface area contributed by atoms with Crippen molar-refractivity contribution in [1.29, 1.82) is 0 Å². The minimum atomic E-state index is -0.269. The minimum Gasteiger partial charge on any atom is -0.494 e. The highest BCUT2D eigenvalue weighted by molar-refractivity contribution is 7.99. The van der Waals surface area contributed by atoms with Crippen LogP contribution in [-0.4, -0.2) is 38.9 Å². The zero-order valence-electron chi connectivity index (χ0n) is 16.1. The van der Waals surface area contributed by atoms with Crippen LogP contribution in [0.4, 0.5) is 5.69 Å². The van der Waals surface area contributed by atoms with Gasteiger partial charge in [-0.3, -0.25) is 9.59 Å². The van der Waals surface area contributed by atoms with E-state index in [1.807, 2.05) is 31.2 Å². The Balaban J connectivity index is 1.65. The van der Waals surface area contributed by atoms with Gasteiger partial charge in [-0.15, -0.1) is 10.2 Å². The average molecular weight is 411 g/mol. The fraction of sp³-hybridized carbons (Fsp3) is 0.200. The largest absolute Gasteiger partial charge is 0.494 e. The molecule has 0 radical (unpaired) electrons. The van der Waals surface area contributed by atoms with Gasteiger partial charge in [0.15, 0.2) is 11.6 Å². The van der Waals surface area contributed by atoms with Gasteiger partial charge in [0.05, 0.1) is 18.0 Å². The maximum absolute atomic E-state index is 12.3. The number of para-hydroxylation sites is 1. The molecule has 3 rings (SSSR count). The number of nitrogens with two attached hydrogens (primary N) is 1. The molecule has 3 aromatic rings. The van der Waals surface area contributed by atoms with Crippen LogP contribution >= 0.6 is 11.8 Å². The van der Waals surface area contributed by atoms with Crippen molar-refractivity contribution >= 4 is 29.1 Å². The van der Waals surface area contributed by atoms with Gasteiger partial charge in [-0.25, -0.2) is 4.68 Å². The van der Waals surface area contributed by atoms with Crippen molar-refractivity contribution in [1.82, 2.24) is 14.9 Å². The zero-order valence-corrected chi connectivity index (χ0v) is 16.9. The smallest absolute Gasteiger partial charge is 0.234 e. The molecular formula is C20H21N5O3S. The summed E-state index contributed by atoms with van der Waals surface area (Å²) in [5.41, 5.74) is 1.73. The molecule has 0 saturated heterocycles.